The van der Waals surface area contributed by atoms with E-state index in [0.29, 0.717) is 30.9 Å². The zero-order chi connectivity index (χ0) is 22.1. The molecular weight excluding hydrogens is 396 g/mol. The van der Waals surface area contributed by atoms with Gasteiger partial charge in [0.05, 0.1) is 11.9 Å². The van der Waals surface area contributed by atoms with Gasteiger partial charge in [0.2, 0.25) is 0 Å². The van der Waals surface area contributed by atoms with Crippen LogP contribution in [0, 0.1) is 28.6 Å². The molecule has 4 aliphatic rings. The molecule has 0 unspecified atom stereocenters. The number of thioether (sulfide) groups is 1. The zero-order valence-corrected chi connectivity index (χ0v) is 20.0. The maximum atomic E-state index is 13.3. The Morgan fingerprint density at radius 2 is 1.90 bits per heavy atom. The molecule has 30 heavy (non-hydrogen) atoms. The molecule has 5 heteroatoms. The second-order valence-corrected chi connectivity index (χ2v) is 13.6. The number of aliphatic hydroxyl groups is 2. The fraction of sp³-hybridized carbons (Fsp3) is 0.840. The van der Waals surface area contributed by atoms with Gasteiger partial charge in [-0.25, -0.2) is 0 Å². The van der Waals surface area contributed by atoms with Crippen molar-refractivity contribution in [1.82, 2.24) is 0 Å². The lowest BCUT2D eigenvalue weighted by Crippen LogP contribution is -2.62. The first-order valence-corrected chi connectivity index (χ1v) is 12.6. The Morgan fingerprint density at radius 1 is 1.20 bits per heavy atom. The van der Waals surface area contributed by atoms with Crippen molar-refractivity contribution in [2.45, 2.75) is 96.0 Å². The van der Waals surface area contributed by atoms with Crippen molar-refractivity contribution in [3.8, 4) is 0 Å². The normalized spacial score (nSPS) is 46.0. The molecule has 0 radical (unpaired) electrons. The molecule has 0 saturated heterocycles. The summed E-state index contributed by atoms with van der Waals surface area (Å²) in [7, 11) is 0. The van der Waals surface area contributed by atoms with E-state index in [1.165, 1.54) is 5.57 Å². The van der Waals surface area contributed by atoms with Gasteiger partial charge in [-0.3, -0.25) is 9.59 Å². The van der Waals surface area contributed by atoms with E-state index in [9.17, 15) is 19.8 Å². The highest BCUT2D eigenvalue weighted by Crippen LogP contribution is 2.67. The summed E-state index contributed by atoms with van der Waals surface area (Å²) < 4.78 is -0.0266. The number of allylic oxidation sites excluding steroid dienone is 1. The summed E-state index contributed by atoms with van der Waals surface area (Å²) in [6, 6.07) is 0. The number of rotatable bonds is 3. The van der Waals surface area contributed by atoms with Crippen molar-refractivity contribution in [3.63, 3.8) is 0 Å². The van der Waals surface area contributed by atoms with E-state index in [4.69, 9.17) is 0 Å². The summed E-state index contributed by atoms with van der Waals surface area (Å²) in [6.45, 7) is 10.6. The molecule has 3 fully saturated rings. The molecule has 0 aromatic carbocycles. The molecule has 4 nitrogen and oxygen atoms in total. The monoisotopic (exact) mass is 434 g/mol. The molecule has 0 aromatic rings. The molecule has 0 heterocycles. The molecule has 3 saturated carbocycles. The Kier molecular flexibility index (Phi) is 5.39. The van der Waals surface area contributed by atoms with Crippen LogP contribution in [0.5, 0.6) is 0 Å². The molecule has 7 atom stereocenters. The molecular formula is C25H38O4S. The Balaban J connectivity index is 1.63. The van der Waals surface area contributed by atoms with Gasteiger partial charge < -0.3 is 10.2 Å². The summed E-state index contributed by atoms with van der Waals surface area (Å²) >= 11 is 1.59. The SMILES string of the molecule is CC(C)(C)SCC(=O)[C@@]1(O)CC[C@H]2[C@@H]3CCC4=CC(=O)CC[C@]4(C)[C@H]3[C@@H](O)C[C@@]21C. The summed E-state index contributed by atoms with van der Waals surface area (Å²) in [5.74, 6) is 1.13. The van der Waals surface area contributed by atoms with E-state index in [0.717, 1.165) is 25.7 Å². The first-order chi connectivity index (χ1) is 13.8. The minimum absolute atomic E-state index is 0.0266. The van der Waals surface area contributed by atoms with Gasteiger partial charge in [-0.05, 0) is 67.8 Å². The van der Waals surface area contributed by atoms with Crippen molar-refractivity contribution in [2.24, 2.45) is 28.6 Å². The summed E-state index contributed by atoms with van der Waals surface area (Å²) in [5, 5.41) is 23.1. The van der Waals surface area contributed by atoms with Gasteiger partial charge in [0.25, 0.3) is 0 Å². The van der Waals surface area contributed by atoms with Gasteiger partial charge >= 0.3 is 0 Å². The van der Waals surface area contributed by atoms with Gasteiger partial charge in [-0.15, -0.1) is 11.8 Å². The second-order valence-electron chi connectivity index (χ2n) is 11.8. The number of hydrogen-bond acceptors (Lipinski definition) is 5. The third-order valence-electron chi connectivity index (χ3n) is 9.15. The van der Waals surface area contributed by atoms with Crippen LogP contribution in [0.3, 0.4) is 0 Å². The number of aliphatic hydroxyl groups excluding tert-OH is 1. The van der Waals surface area contributed by atoms with Gasteiger partial charge in [0.15, 0.2) is 11.6 Å². The van der Waals surface area contributed by atoms with Crippen LogP contribution in [-0.4, -0.2) is 44.0 Å². The standard InChI is InChI=1S/C25H38O4S/c1-22(2,3)30-14-20(28)25(29)11-9-18-17-7-6-15-12-16(26)8-10-23(15,4)21(17)19(27)13-24(18,25)5/h12,17-19,21,27,29H,6-11,13-14H2,1-5H3/t17-,18-,19-,21+,23-,24-,25-/m0/s1. The van der Waals surface area contributed by atoms with E-state index < -0.39 is 17.1 Å². The smallest absolute Gasteiger partial charge is 0.174 e. The number of hydrogen-bond donors (Lipinski definition) is 2. The summed E-state index contributed by atoms with van der Waals surface area (Å²) in [6.07, 6.45) is 6.33. The fourth-order valence-corrected chi connectivity index (χ4v) is 8.35. The molecule has 2 N–H and O–H groups in total. The Labute approximate surface area is 185 Å². The lowest BCUT2D eigenvalue weighted by molar-refractivity contribution is -0.178. The second kappa shape index (κ2) is 7.18. The van der Waals surface area contributed by atoms with E-state index in [1.807, 2.05) is 6.08 Å². The van der Waals surface area contributed by atoms with Crippen LogP contribution >= 0.6 is 11.8 Å². The van der Waals surface area contributed by atoms with Crippen LogP contribution in [0.2, 0.25) is 0 Å². The number of carbonyl (C=O) groups is 2. The predicted molar refractivity (Wildman–Crippen MR) is 120 cm³/mol. The Bertz CT molecular complexity index is 783. The first kappa shape index (κ1) is 22.5. The highest BCUT2D eigenvalue weighted by atomic mass is 32.2. The van der Waals surface area contributed by atoms with Crippen LogP contribution in [0.1, 0.15) is 79.6 Å². The topological polar surface area (TPSA) is 74.6 Å². The molecule has 4 rings (SSSR count). The van der Waals surface area contributed by atoms with Crippen molar-refractivity contribution in [3.05, 3.63) is 11.6 Å². The number of Topliss-reactive ketones (excluding diaryl/α,β-unsaturated/α-hetero) is 1. The third kappa shape index (κ3) is 3.26. The lowest BCUT2D eigenvalue weighted by Gasteiger charge is -2.60. The van der Waals surface area contributed by atoms with Gasteiger partial charge in [-0.1, -0.05) is 40.2 Å². The highest BCUT2D eigenvalue weighted by molar-refractivity contribution is 8.01. The van der Waals surface area contributed by atoms with E-state index in [2.05, 4.69) is 34.6 Å². The molecule has 0 spiro atoms. The molecule has 0 amide bonds. The minimum Gasteiger partial charge on any atom is -0.393 e. The highest BCUT2D eigenvalue weighted by Gasteiger charge is 2.68. The molecule has 0 aromatic heterocycles. The molecule has 4 aliphatic carbocycles. The average molecular weight is 435 g/mol. The van der Waals surface area contributed by atoms with Crippen molar-refractivity contribution < 1.29 is 19.8 Å². The van der Waals surface area contributed by atoms with Crippen LogP contribution in [0.4, 0.5) is 0 Å². The summed E-state index contributed by atoms with van der Waals surface area (Å²) in [4.78, 5) is 25.3. The van der Waals surface area contributed by atoms with Crippen molar-refractivity contribution in [1.29, 1.82) is 0 Å². The molecule has 168 valence electrons. The predicted octanol–water partition coefficient (Wildman–Crippen LogP) is 4.32. The van der Waals surface area contributed by atoms with Crippen LogP contribution in [0.15, 0.2) is 11.6 Å². The maximum Gasteiger partial charge on any atom is 0.174 e. The van der Waals surface area contributed by atoms with Gasteiger partial charge in [0, 0.05) is 16.6 Å². The zero-order valence-electron chi connectivity index (χ0n) is 19.2. The number of ketones is 2. The number of carbonyl (C=O) groups excluding carboxylic acids is 2. The quantitative estimate of drug-likeness (QED) is 0.692. The van der Waals surface area contributed by atoms with Crippen LogP contribution in [0.25, 0.3) is 0 Å². The Morgan fingerprint density at radius 3 is 2.57 bits per heavy atom. The average Bonchev–Trinajstić information content (AvgIpc) is 2.91. The largest absolute Gasteiger partial charge is 0.393 e. The Hall–Kier alpha value is -0.650. The van der Waals surface area contributed by atoms with Crippen molar-refractivity contribution >= 4 is 23.3 Å². The van der Waals surface area contributed by atoms with E-state index >= 15 is 0 Å². The van der Waals surface area contributed by atoms with Crippen LogP contribution < -0.4 is 0 Å². The van der Waals surface area contributed by atoms with Gasteiger partial charge in [-0.2, -0.15) is 0 Å². The summed E-state index contributed by atoms with van der Waals surface area (Å²) in [5.41, 5.74) is -0.842. The van der Waals surface area contributed by atoms with Crippen molar-refractivity contribution in [2.75, 3.05) is 5.75 Å². The first-order valence-electron chi connectivity index (χ1n) is 11.6. The van der Waals surface area contributed by atoms with Crippen LogP contribution in [-0.2, 0) is 9.59 Å². The molecule has 0 bridgehead atoms. The van der Waals surface area contributed by atoms with E-state index in [-0.39, 0.29) is 33.6 Å². The third-order valence-corrected chi connectivity index (χ3v) is 10.4. The maximum absolute atomic E-state index is 13.3. The fourth-order valence-electron chi connectivity index (χ4n) is 7.55. The number of fused-ring (bicyclic) bond motifs is 5. The lowest BCUT2D eigenvalue weighted by atomic mass is 9.45. The molecule has 0 aliphatic heterocycles. The van der Waals surface area contributed by atoms with Gasteiger partial charge in [0.1, 0.15) is 5.60 Å². The minimum atomic E-state index is -1.35. The van der Waals surface area contributed by atoms with E-state index in [1.54, 1.807) is 11.8 Å².